The Hall–Kier alpha value is -2.03. The molecule has 114 valence electrons. The molecule has 0 aliphatic rings. The summed E-state index contributed by atoms with van der Waals surface area (Å²) in [6.07, 6.45) is 4.39. The topological polar surface area (TPSA) is 46.5 Å². The highest BCUT2D eigenvalue weighted by molar-refractivity contribution is 5.88. The van der Waals surface area contributed by atoms with Crippen molar-refractivity contribution in [2.24, 2.45) is 0 Å². The molecule has 0 fully saturated rings. The molecule has 3 nitrogen and oxygen atoms in total. The van der Waals surface area contributed by atoms with Crippen LogP contribution < -0.4 is 4.74 Å². The number of ether oxygens (including phenoxy) is 1. The average Bonchev–Trinajstić information content (AvgIpc) is 2.43. The predicted molar refractivity (Wildman–Crippen MR) is 86.9 cm³/mol. The highest BCUT2D eigenvalue weighted by Crippen LogP contribution is 2.28. The number of carboxylic acid groups (broad SMARTS) is 1. The Morgan fingerprint density at radius 2 is 1.90 bits per heavy atom. The van der Waals surface area contributed by atoms with Crippen LogP contribution in [0, 0.1) is 20.8 Å². The molecule has 0 aliphatic carbocycles. The normalized spacial score (nSPS) is 12.5. The molecule has 0 unspecified atom stereocenters. The summed E-state index contributed by atoms with van der Waals surface area (Å²) in [5.74, 6) is 0.0354. The second kappa shape index (κ2) is 7.11. The van der Waals surface area contributed by atoms with Gasteiger partial charge in [0.1, 0.15) is 5.75 Å². The van der Waals surface area contributed by atoms with E-state index in [0.29, 0.717) is 12.0 Å². The molecule has 0 aliphatic heterocycles. The zero-order valence-corrected chi connectivity index (χ0v) is 13.7. The molecule has 3 heteroatoms. The third-order valence-electron chi connectivity index (χ3n) is 3.92. The lowest BCUT2D eigenvalue weighted by molar-refractivity contribution is -0.132. The first-order chi connectivity index (χ1) is 9.83. The van der Waals surface area contributed by atoms with Gasteiger partial charge in [0.25, 0.3) is 0 Å². The SMILES string of the molecule is CCC(C(=O)O)=C(C)C=Cc1c(C)cc(OC)c(C)c1C. The van der Waals surface area contributed by atoms with Gasteiger partial charge < -0.3 is 9.84 Å². The molecule has 21 heavy (non-hydrogen) atoms. The first kappa shape index (κ1) is 17.0. The third kappa shape index (κ3) is 3.75. The van der Waals surface area contributed by atoms with E-state index in [-0.39, 0.29) is 0 Å². The van der Waals surface area contributed by atoms with Crippen molar-refractivity contribution in [2.45, 2.75) is 41.0 Å². The second-order valence-electron chi connectivity index (χ2n) is 5.21. The van der Waals surface area contributed by atoms with Crippen molar-refractivity contribution < 1.29 is 14.6 Å². The van der Waals surface area contributed by atoms with Gasteiger partial charge in [0.15, 0.2) is 0 Å². The minimum absolute atomic E-state index is 0.451. The smallest absolute Gasteiger partial charge is 0.331 e. The molecule has 1 N–H and O–H groups in total. The number of allylic oxidation sites excluding steroid dienone is 2. The highest BCUT2D eigenvalue weighted by atomic mass is 16.5. The van der Waals surface area contributed by atoms with Gasteiger partial charge in [0, 0.05) is 5.57 Å². The van der Waals surface area contributed by atoms with Gasteiger partial charge in [-0.25, -0.2) is 4.79 Å². The number of hydrogen-bond donors (Lipinski definition) is 1. The summed E-state index contributed by atoms with van der Waals surface area (Å²) >= 11 is 0. The third-order valence-corrected chi connectivity index (χ3v) is 3.92. The fraction of sp³-hybridized carbons (Fsp3) is 0.389. The summed E-state index contributed by atoms with van der Waals surface area (Å²) in [4.78, 5) is 11.1. The fourth-order valence-corrected chi connectivity index (χ4v) is 2.44. The summed E-state index contributed by atoms with van der Waals surface area (Å²) in [5.41, 5.74) is 5.74. The Balaban J connectivity index is 3.29. The molecule has 1 aromatic rings. The van der Waals surface area contributed by atoms with Crippen molar-refractivity contribution >= 4 is 12.0 Å². The van der Waals surface area contributed by atoms with Gasteiger partial charge in [-0.2, -0.15) is 0 Å². The Morgan fingerprint density at radius 1 is 1.29 bits per heavy atom. The molecule has 0 saturated carbocycles. The molecule has 0 saturated heterocycles. The molecule has 0 amide bonds. The van der Waals surface area contributed by atoms with E-state index >= 15 is 0 Å². The molecule has 0 heterocycles. The van der Waals surface area contributed by atoms with E-state index in [4.69, 9.17) is 9.84 Å². The Labute approximate surface area is 127 Å². The van der Waals surface area contributed by atoms with E-state index in [2.05, 4.69) is 6.92 Å². The van der Waals surface area contributed by atoms with Crippen LogP contribution in [0.2, 0.25) is 0 Å². The van der Waals surface area contributed by atoms with Gasteiger partial charge in [-0.15, -0.1) is 0 Å². The summed E-state index contributed by atoms with van der Waals surface area (Å²) < 4.78 is 5.36. The van der Waals surface area contributed by atoms with Crippen LogP contribution in [0.3, 0.4) is 0 Å². The van der Waals surface area contributed by atoms with Crippen LogP contribution in [-0.4, -0.2) is 18.2 Å². The molecular formula is C18H24O3. The Bertz CT molecular complexity index is 607. The van der Waals surface area contributed by atoms with Crippen molar-refractivity contribution in [3.63, 3.8) is 0 Å². The van der Waals surface area contributed by atoms with Gasteiger partial charge in [-0.1, -0.05) is 19.1 Å². The number of aliphatic carboxylic acids is 1. The monoisotopic (exact) mass is 288 g/mol. The number of carbonyl (C=O) groups is 1. The molecule has 0 spiro atoms. The van der Waals surface area contributed by atoms with Gasteiger partial charge in [0.2, 0.25) is 0 Å². The maximum atomic E-state index is 11.1. The van der Waals surface area contributed by atoms with Crippen LogP contribution in [0.25, 0.3) is 6.08 Å². The van der Waals surface area contributed by atoms with Crippen LogP contribution in [0.1, 0.15) is 42.5 Å². The number of aryl methyl sites for hydroxylation is 1. The lowest BCUT2D eigenvalue weighted by Crippen LogP contribution is -2.01. The van der Waals surface area contributed by atoms with Crippen molar-refractivity contribution in [2.75, 3.05) is 7.11 Å². The lowest BCUT2D eigenvalue weighted by Gasteiger charge is -2.13. The summed E-state index contributed by atoms with van der Waals surface area (Å²) in [7, 11) is 1.67. The van der Waals surface area contributed by atoms with Gasteiger partial charge in [-0.3, -0.25) is 0 Å². The highest BCUT2D eigenvalue weighted by Gasteiger charge is 2.10. The van der Waals surface area contributed by atoms with Crippen molar-refractivity contribution in [1.82, 2.24) is 0 Å². The number of methoxy groups -OCH3 is 1. The molecular weight excluding hydrogens is 264 g/mol. The molecule has 0 aromatic heterocycles. The number of benzene rings is 1. The summed E-state index contributed by atoms with van der Waals surface area (Å²) in [6.45, 7) is 9.81. The predicted octanol–water partition coefficient (Wildman–Crippen LogP) is 4.44. The molecule has 0 radical (unpaired) electrons. The Morgan fingerprint density at radius 3 is 2.38 bits per heavy atom. The number of rotatable bonds is 5. The van der Waals surface area contributed by atoms with Crippen LogP contribution in [-0.2, 0) is 4.79 Å². The minimum atomic E-state index is -0.848. The molecule has 0 bridgehead atoms. The molecule has 1 aromatic carbocycles. The zero-order valence-electron chi connectivity index (χ0n) is 13.7. The van der Waals surface area contributed by atoms with E-state index < -0.39 is 5.97 Å². The summed E-state index contributed by atoms with van der Waals surface area (Å²) in [5, 5.41) is 9.15. The van der Waals surface area contributed by atoms with E-state index in [0.717, 1.165) is 33.6 Å². The first-order valence-corrected chi connectivity index (χ1v) is 7.09. The summed E-state index contributed by atoms with van der Waals surface area (Å²) in [6, 6.07) is 2.01. The van der Waals surface area contributed by atoms with Crippen molar-refractivity contribution in [3.8, 4) is 5.75 Å². The standard InChI is InChI=1S/C18H24O3/c1-7-15(18(19)20)11(2)8-9-16-12(3)10-17(21-6)14(5)13(16)4/h8-10H,7H2,1-6H3,(H,19,20). The second-order valence-corrected chi connectivity index (χ2v) is 5.21. The van der Waals surface area contributed by atoms with E-state index in [1.807, 2.05) is 45.9 Å². The largest absolute Gasteiger partial charge is 0.496 e. The van der Waals surface area contributed by atoms with Crippen LogP contribution in [0.4, 0.5) is 0 Å². The minimum Gasteiger partial charge on any atom is -0.496 e. The van der Waals surface area contributed by atoms with E-state index in [1.54, 1.807) is 7.11 Å². The fourth-order valence-electron chi connectivity index (χ4n) is 2.44. The number of hydrogen-bond acceptors (Lipinski definition) is 2. The van der Waals surface area contributed by atoms with Gasteiger partial charge >= 0.3 is 5.97 Å². The zero-order chi connectivity index (χ0) is 16.2. The molecule has 0 atom stereocenters. The van der Waals surface area contributed by atoms with Gasteiger partial charge in [0.05, 0.1) is 7.11 Å². The lowest BCUT2D eigenvalue weighted by atomic mass is 9.96. The van der Waals surface area contributed by atoms with Crippen LogP contribution >= 0.6 is 0 Å². The van der Waals surface area contributed by atoms with Crippen molar-refractivity contribution in [1.29, 1.82) is 0 Å². The Kier molecular flexibility index (Phi) is 5.77. The number of carboxylic acids is 1. The molecule has 1 rings (SSSR count). The van der Waals surface area contributed by atoms with E-state index in [1.165, 1.54) is 0 Å². The maximum Gasteiger partial charge on any atom is 0.331 e. The first-order valence-electron chi connectivity index (χ1n) is 7.09. The maximum absolute atomic E-state index is 11.1. The van der Waals surface area contributed by atoms with Crippen LogP contribution in [0.15, 0.2) is 23.3 Å². The van der Waals surface area contributed by atoms with Crippen molar-refractivity contribution in [3.05, 3.63) is 45.5 Å². The average molecular weight is 288 g/mol. The van der Waals surface area contributed by atoms with Gasteiger partial charge in [-0.05, 0) is 68.0 Å². The van der Waals surface area contributed by atoms with Crippen LogP contribution in [0.5, 0.6) is 5.75 Å². The van der Waals surface area contributed by atoms with E-state index in [9.17, 15) is 4.79 Å². The quantitative estimate of drug-likeness (QED) is 0.643.